The molecule has 0 aliphatic heterocycles. The zero-order valence-corrected chi connectivity index (χ0v) is 10.8. The zero-order valence-electron chi connectivity index (χ0n) is 10.8. The van der Waals surface area contributed by atoms with Gasteiger partial charge in [0.2, 0.25) is 0 Å². The van der Waals surface area contributed by atoms with E-state index in [1.807, 2.05) is 0 Å². The molecule has 0 radical (unpaired) electrons. The molecule has 0 heterocycles. The van der Waals surface area contributed by atoms with Crippen LogP contribution in [-0.2, 0) is 6.42 Å². The first-order valence-corrected chi connectivity index (χ1v) is 6.75. The molecule has 0 saturated carbocycles. The lowest BCUT2D eigenvalue weighted by Crippen LogP contribution is -1.98. The predicted molar refractivity (Wildman–Crippen MR) is 78.5 cm³/mol. The Labute approximate surface area is 110 Å². The number of aryl methyl sites for hydroxylation is 1. The van der Waals surface area contributed by atoms with Crippen molar-refractivity contribution in [1.29, 1.82) is 0 Å². The summed E-state index contributed by atoms with van der Waals surface area (Å²) in [7, 11) is 0. The van der Waals surface area contributed by atoms with Crippen LogP contribution in [0.5, 0.6) is 0 Å². The van der Waals surface area contributed by atoms with Gasteiger partial charge in [0.05, 0.1) is 0 Å². The van der Waals surface area contributed by atoms with Gasteiger partial charge in [-0.25, -0.2) is 0 Å². The maximum Gasteiger partial charge on any atom is -0.00773 e. The summed E-state index contributed by atoms with van der Waals surface area (Å²) in [6, 6.07) is 19.3. The van der Waals surface area contributed by atoms with Gasteiger partial charge in [-0.15, -0.1) is 0 Å². The Balaban J connectivity index is 2.11. The second kappa shape index (κ2) is 6.97. The van der Waals surface area contributed by atoms with Crippen LogP contribution in [0.1, 0.15) is 24.8 Å². The molecule has 0 aliphatic carbocycles. The molecular formula is C17H21N. The Morgan fingerprint density at radius 1 is 0.722 bits per heavy atom. The summed E-state index contributed by atoms with van der Waals surface area (Å²) in [5.41, 5.74) is 9.65. The van der Waals surface area contributed by atoms with E-state index in [0.29, 0.717) is 0 Å². The minimum absolute atomic E-state index is 0.806. The van der Waals surface area contributed by atoms with E-state index in [1.165, 1.54) is 29.5 Å². The van der Waals surface area contributed by atoms with Gasteiger partial charge in [-0.3, -0.25) is 0 Å². The normalized spacial score (nSPS) is 10.5. The molecule has 0 aliphatic rings. The van der Waals surface area contributed by atoms with Gasteiger partial charge in [0.25, 0.3) is 0 Å². The third-order valence-corrected chi connectivity index (χ3v) is 3.25. The topological polar surface area (TPSA) is 26.0 Å². The molecule has 0 unspecified atom stereocenters. The minimum atomic E-state index is 0.806. The molecule has 94 valence electrons. The van der Waals surface area contributed by atoms with Crippen molar-refractivity contribution in [3.8, 4) is 11.1 Å². The van der Waals surface area contributed by atoms with E-state index >= 15 is 0 Å². The molecule has 18 heavy (non-hydrogen) atoms. The van der Waals surface area contributed by atoms with Gasteiger partial charge in [-0.1, -0.05) is 61.0 Å². The van der Waals surface area contributed by atoms with E-state index < -0.39 is 0 Å². The fourth-order valence-corrected chi connectivity index (χ4v) is 2.27. The van der Waals surface area contributed by atoms with Crippen molar-refractivity contribution < 1.29 is 0 Å². The second-order valence-corrected chi connectivity index (χ2v) is 4.62. The van der Waals surface area contributed by atoms with E-state index in [2.05, 4.69) is 54.6 Å². The quantitative estimate of drug-likeness (QED) is 0.757. The van der Waals surface area contributed by atoms with E-state index in [0.717, 1.165) is 19.4 Å². The van der Waals surface area contributed by atoms with Crippen LogP contribution in [0.25, 0.3) is 11.1 Å². The predicted octanol–water partition coefficient (Wildman–Crippen LogP) is 4.03. The molecule has 0 spiro atoms. The van der Waals surface area contributed by atoms with Crippen molar-refractivity contribution in [3.63, 3.8) is 0 Å². The first-order chi connectivity index (χ1) is 8.92. The molecule has 0 bridgehead atoms. The molecule has 1 nitrogen and oxygen atoms in total. The highest BCUT2D eigenvalue weighted by molar-refractivity contribution is 5.67. The Bertz CT molecular complexity index is 462. The third-order valence-electron chi connectivity index (χ3n) is 3.25. The molecule has 2 aromatic rings. The number of hydrogen-bond donors (Lipinski definition) is 1. The number of unbranched alkanes of at least 4 members (excludes halogenated alkanes) is 2. The highest BCUT2D eigenvalue weighted by Gasteiger charge is 2.03. The van der Waals surface area contributed by atoms with Crippen molar-refractivity contribution in [3.05, 3.63) is 60.2 Å². The monoisotopic (exact) mass is 239 g/mol. The Kier molecular flexibility index (Phi) is 4.98. The molecule has 2 N–H and O–H groups in total. The van der Waals surface area contributed by atoms with Crippen molar-refractivity contribution >= 4 is 0 Å². The van der Waals surface area contributed by atoms with E-state index in [-0.39, 0.29) is 0 Å². The summed E-state index contributed by atoms with van der Waals surface area (Å²) in [6.07, 6.45) is 4.72. The average molecular weight is 239 g/mol. The minimum Gasteiger partial charge on any atom is -0.330 e. The van der Waals surface area contributed by atoms with Gasteiger partial charge < -0.3 is 5.73 Å². The van der Waals surface area contributed by atoms with Crippen molar-refractivity contribution in [2.24, 2.45) is 5.73 Å². The van der Waals surface area contributed by atoms with E-state index in [9.17, 15) is 0 Å². The van der Waals surface area contributed by atoms with Crippen LogP contribution < -0.4 is 5.73 Å². The Hall–Kier alpha value is -1.60. The number of rotatable bonds is 6. The van der Waals surface area contributed by atoms with Crippen LogP contribution in [0.15, 0.2) is 54.6 Å². The summed E-state index contributed by atoms with van der Waals surface area (Å²) < 4.78 is 0. The second-order valence-electron chi connectivity index (χ2n) is 4.62. The maximum absolute atomic E-state index is 5.53. The average Bonchev–Trinajstić information content (AvgIpc) is 2.45. The van der Waals surface area contributed by atoms with Gasteiger partial charge >= 0.3 is 0 Å². The lowest BCUT2D eigenvalue weighted by atomic mass is 9.96. The molecule has 0 atom stereocenters. The number of benzene rings is 2. The molecule has 0 fully saturated rings. The highest BCUT2D eigenvalue weighted by Crippen LogP contribution is 2.24. The Morgan fingerprint density at radius 3 is 2.22 bits per heavy atom. The largest absolute Gasteiger partial charge is 0.330 e. The summed E-state index contributed by atoms with van der Waals surface area (Å²) in [4.78, 5) is 0. The summed E-state index contributed by atoms with van der Waals surface area (Å²) >= 11 is 0. The van der Waals surface area contributed by atoms with Crippen molar-refractivity contribution in [2.45, 2.75) is 25.7 Å². The van der Waals surface area contributed by atoms with Gasteiger partial charge in [-0.2, -0.15) is 0 Å². The van der Waals surface area contributed by atoms with Crippen LogP contribution in [0, 0.1) is 0 Å². The highest BCUT2D eigenvalue weighted by atomic mass is 14.5. The van der Waals surface area contributed by atoms with Crippen LogP contribution in [0.3, 0.4) is 0 Å². The number of hydrogen-bond acceptors (Lipinski definition) is 1. The molecule has 0 saturated heterocycles. The summed E-state index contributed by atoms with van der Waals surface area (Å²) in [5, 5.41) is 0. The van der Waals surface area contributed by atoms with Crippen LogP contribution in [-0.4, -0.2) is 6.54 Å². The van der Waals surface area contributed by atoms with Crippen LogP contribution >= 0.6 is 0 Å². The van der Waals surface area contributed by atoms with E-state index in [1.54, 1.807) is 0 Å². The van der Waals surface area contributed by atoms with Crippen LogP contribution in [0.2, 0.25) is 0 Å². The smallest absolute Gasteiger partial charge is 0.00773 e. The zero-order chi connectivity index (χ0) is 12.6. The van der Waals surface area contributed by atoms with E-state index in [4.69, 9.17) is 5.73 Å². The van der Waals surface area contributed by atoms with Gasteiger partial charge in [-0.05, 0) is 42.5 Å². The van der Waals surface area contributed by atoms with Crippen LogP contribution in [0.4, 0.5) is 0 Å². The van der Waals surface area contributed by atoms with Crippen molar-refractivity contribution in [2.75, 3.05) is 6.54 Å². The third kappa shape index (κ3) is 3.44. The molecule has 1 heteroatoms. The molecule has 0 aromatic heterocycles. The van der Waals surface area contributed by atoms with Gasteiger partial charge in [0.15, 0.2) is 0 Å². The summed E-state index contributed by atoms with van der Waals surface area (Å²) in [6.45, 7) is 0.806. The molecule has 0 amide bonds. The van der Waals surface area contributed by atoms with Gasteiger partial charge in [0.1, 0.15) is 0 Å². The first-order valence-electron chi connectivity index (χ1n) is 6.75. The first kappa shape index (κ1) is 12.8. The summed E-state index contributed by atoms with van der Waals surface area (Å²) in [5.74, 6) is 0. The SMILES string of the molecule is NCCCCCc1ccccc1-c1ccccc1. The molecular weight excluding hydrogens is 218 g/mol. The lowest BCUT2D eigenvalue weighted by molar-refractivity contribution is 0.687. The number of nitrogens with two attached hydrogens (primary N) is 1. The fourth-order valence-electron chi connectivity index (χ4n) is 2.27. The van der Waals surface area contributed by atoms with Crippen molar-refractivity contribution in [1.82, 2.24) is 0 Å². The standard InChI is InChI=1S/C17H21N/c18-14-8-2-5-11-16-12-6-7-13-17(16)15-9-3-1-4-10-15/h1,3-4,6-7,9-10,12-13H,2,5,8,11,14,18H2. The maximum atomic E-state index is 5.53. The lowest BCUT2D eigenvalue weighted by Gasteiger charge is -2.09. The molecule has 2 rings (SSSR count). The molecule has 2 aromatic carbocycles. The fraction of sp³-hybridized carbons (Fsp3) is 0.294. The Morgan fingerprint density at radius 2 is 1.44 bits per heavy atom. The van der Waals surface area contributed by atoms with Gasteiger partial charge in [0, 0.05) is 0 Å².